The van der Waals surface area contributed by atoms with Gasteiger partial charge >= 0.3 is 0 Å². The number of aromatic nitrogens is 2. The molecule has 2 aromatic heterocycles. The smallest absolute Gasteiger partial charge is 0.137 e. The van der Waals surface area contributed by atoms with Crippen molar-refractivity contribution in [3.8, 4) is 5.75 Å². The van der Waals surface area contributed by atoms with Crippen LogP contribution in [0.5, 0.6) is 5.75 Å². The van der Waals surface area contributed by atoms with Crippen LogP contribution in [0.4, 0.5) is 0 Å². The number of para-hydroxylation sites is 1. The molecule has 0 aliphatic rings. The second kappa shape index (κ2) is 5.27. The number of ether oxygens (including phenoxy) is 1. The van der Waals surface area contributed by atoms with Crippen molar-refractivity contribution in [3.05, 3.63) is 66.1 Å². The van der Waals surface area contributed by atoms with Crippen molar-refractivity contribution >= 4 is 10.9 Å². The van der Waals surface area contributed by atoms with E-state index in [2.05, 4.69) is 9.97 Å². The van der Waals surface area contributed by atoms with E-state index in [9.17, 15) is 0 Å². The number of pyridine rings is 2. The number of nitrogens with two attached hydrogens (primary N) is 1. The van der Waals surface area contributed by atoms with E-state index in [-0.39, 0.29) is 6.04 Å². The van der Waals surface area contributed by atoms with Gasteiger partial charge in [0.25, 0.3) is 0 Å². The molecular formula is C16H15N3O. The minimum Gasteiger partial charge on any atom is -0.495 e. The number of nitrogens with zero attached hydrogens (tertiary/aromatic N) is 2. The molecule has 0 aliphatic heterocycles. The van der Waals surface area contributed by atoms with Crippen LogP contribution >= 0.6 is 0 Å². The average Bonchev–Trinajstić information content (AvgIpc) is 2.53. The van der Waals surface area contributed by atoms with Gasteiger partial charge in [0, 0.05) is 17.8 Å². The van der Waals surface area contributed by atoms with Gasteiger partial charge < -0.3 is 10.5 Å². The molecule has 1 aromatic carbocycles. The third-order valence-corrected chi connectivity index (χ3v) is 3.33. The molecule has 0 radical (unpaired) electrons. The number of hydrogen-bond acceptors (Lipinski definition) is 4. The van der Waals surface area contributed by atoms with Crippen molar-refractivity contribution in [2.24, 2.45) is 5.73 Å². The summed E-state index contributed by atoms with van der Waals surface area (Å²) in [6.45, 7) is 0. The Morgan fingerprint density at radius 2 is 2.00 bits per heavy atom. The lowest BCUT2D eigenvalue weighted by Gasteiger charge is -2.14. The topological polar surface area (TPSA) is 61.0 Å². The van der Waals surface area contributed by atoms with E-state index < -0.39 is 0 Å². The van der Waals surface area contributed by atoms with Crippen molar-refractivity contribution < 1.29 is 4.74 Å². The van der Waals surface area contributed by atoms with E-state index in [0.29, 0.717) is 5.75 Å². The summed E-state index contributed by atoms with van der Waals surface area (Å²) >= 11 is 0. The van der Waals surface area contributed by atoms with Gasteiger partial charge in [-0.2, -0.15) is 0 Å². The zero-order chi connectivity index (χ0) is 13.9. The number of fused-ring (bicyclic) bond motifs is 1. The van der Waals surface area contributed by atoms with Crippen LogP contribution in [0.2, 0.25) is 0 Å². The van der Waals surface area contributed by atoms with E-state index in [1.165, 1.54) is 0 Å². The van der Waals surface area contributed by atoms with Crippen molar-refractivity contribution in [1.29, 1.82) is 0 Å². The molecule has 0 saturated carbocycles. The van der Waals surface area contributed by atoms with Crippen LogP contribution in [-0.2, 0) is 0 Å². The second-order valence-corrected chi connectivity index (χ2v) is 4.56. The van der Waals surface area contributed by atoms with Gasteiger partial charge in [-0.1, -0.05) is 24.3 Å². The van der Waals surface area contributed by atoms with Crippen LogP contribution < -0.4 is 10.5 Å². The first kappa shape index (κ1) is 12.6. The summed E-state index contributed by atoms with van der Waals surface area (Å²) in [5.74, 6) is 0.700. The Morgan fingerprint density at radius 3 is 2.85 bits per heavy atom. The van der Waals surface area contributed by atoms with Gasteiger partial charge in [-0.3, -0.25) is 9.97 Å². The molecule has 2 N–H and O–H groups in total. The summed E-state index contributed by atoms with van der Waals surface area (Å²) in [5, 5.41) is 1.08. The molecule has 1 unspecified atom stereocenters. The van der Waals surface area contributed by atoms with Gasteiger partial charge in [-0.15, -0.1) is 0 Å². The molecule has 2 heterocycles. The zero-order valence-corrected chi connectivity index (χ0v) is 11.2. The second-order valence-electron chi connectivity index (χ2n) is 4.56. The monoisotopic (exact) mass is 265 g/mol. The lowest BCUT2D eigenvalue weighted by Crippen LogP contribution is -2.13. The Bertz CT molecular complexity index is 737. The first-order valence-corrected chi connectivity index (χ1v) is 6.38. The van der Waals surface area contributed by atoms with E-state index in [1.807, 2.05) is 36.4 Å². The van der Waals surface area contributed by atoms with E-state index in [4.69, 9.17) is 10.5 Å². The van der Waals surface area contributed by atoms with Crippen LogP contribution in [0.25, 0.3) is 10.9 Å². The van der Waals surface area contributed by atoms with Crippen LogP contribution in [0.3, 0.4) is 0 Å². The molecule has 0 aliphatic carbocycles. The third kappa shape index (κ3) is 2.21. The molecule has 0 amide bonds. The van der Waals surface area contributed by atoms with Crippen LogP contribution in [0.1, 0.15) is 17.2 Å². The van der Waals surface area contributed by atoms with Gasteiger partial charge in [0.15, 0.2) is 0 Å². The van der Waals surface area contributed by atoms with Gasteiger partial charge in [0.1, 0.15) is 5.75 Å². The van der Waals surface area contributed by atoms with Crippen molar-refractivity contribution in [2.45, 2.75) is 6.04 Å². The molecule has 4 heteroatoms. The first-order chi connectivity index (χ1) is 9.79. The third-order valence-electron chi connectivity index (χ3n) is 3.33. The predicted molar refractivity (Wildman–Crippen MR) is 78.6 cm³/mol. The Kier molecular flexibility index (Phi) is 3.31. The Balaban J connectivity index is 2.10. The van der Waals surface area contributed by atoms with Crippen LogP contribution in [0, 0.1) is 0 Å². The van der Waals surface area contributed by atoms with Gasteiger partial charge in [0.2, 0.25) is 0 Å². The summed E-state index contributed by atoms with van der Waals surface area (Å²) in [5.41, 5.74) is 9.18. The van der Waals surface area contributed by atoms with Crippen LogP contribution in [0.15, 0.2) is 55.0 Å². The molecule has 100 valence electrons. The van der Waals surface area contributed by atoms with Gasteiger partial charge in [0.05, 0.1) is 24.9 Å². The fourth-order valence-electron chi connectivity index (χ4n) is 2.28. The summed E-state index contributed by atoms with van der Waals surface area (Å²) in [6.07, 6.45) is 5.20. The highest BCUT2D eigenvalue weighted by molar-refractivity contribution is 5.82. The lowest BCUT2D eigenvalue weighted by molar-refractivity contribution is 0.412. The summed E-state index contributed by atoms with van der Waals surface area (Å²) < 4.78 is 5.19. The molecule has 20 heavy (non-hydrogen) atoms. The average molecular weight is 265 g/mol. The normalized spacial score (nSPS) is 12.3. The van der Waals surface area contributed by atoms with Gasteiger partial charge in [-0.05, 0) is 23.3 Å². The highest BCUT2D eigenvalue weighted by atomic mass is 16.5. The zero-order valence-electron chi connectivity index (χ0n) is 11.2. The molecule has 1 atom stereocenters. The largest absolute Gasteiger partial charge is 0.495 e. The summed E-state index contributed by atoms with van der Waals surface area (Å²) in [6, 6.07) is 11.6. The molecule has 3 aromatic rings. The standard InChI is InChI=1S/C16H15N3O/c1-20-13-8-12(9-18-10-13)15(17)14-6-2-4-11-5-3-7-19-16(11)14/h2-10,15H,17H2,1H3. The summed E-state index contributed by atoms with van der Waals surface area (Å²) in [7, 11) is 1.62. The fourth-order valence-corrected chi connectivity index (χ4v) is 2.28. The SMILES string of the molecule is COc1cncc(C(N)c2cccc3cccnc23)c1. The molecular weight excluding hydrogens is 250 g/mol. The summed E-state index contributed by atoms with van der Waals surface area (Å²) in [4.78, 5) is 8.60. The van der Waals surface area contributed by atoms with E-state index in [1.54, 1.807) is 25.7 Å². The van der Waals surface area contributed by atoms with Crippen molar-refractivity contribution in [2.75, 3.05) is 7.11 Å². The number of rotatable bonds is 3. The van der Waals surface area contributed by atoms with Crippen LogP contribution in [-0.4, -0.2) is 17.1 Å². The minimum absolute atomic E-state index is 0.281. The van der Waals surface area contributed by atoms with Crippen molar-refractivity contribution in [1.82, 2.24) is 9.97 Å². The quantitative estimate of drug-likeness (QED) is 0.791. The number of benzene rings is 1. The lowest BCUT2D eigenvalue weighted by atomic mass is 9.98. The van der Waals surface area contributed by atoms with E-state index >= 15 is 0 Å². The Morgan fingerprint density at radius 1 is 1.15 bits per heavy atom. The fraction of sp³-hybridized carbons (Fsp3) is 0.125. The highest BCUT2D eigenvalue weighted by Gasteiger charge is 2.13. The number of hydrogen-bond donors (Lipinski definition) is 1. The molecule has 0 saturated heterocycles. The Labute approximate surface area is 117 Å². The molecule has 4 nitrogen and oxygen atoms in total. The molecule has 3 rings (SSSR count). The molecule has 0 bridgehead atoms. The maximum Gasteiger partial charge on any atom is 0.137 e. The maximum atomic E-state index is 6.37. The van der Waals surface area contributed by atoms with Crippen molar-refractivity contribution in [3.63, 3.8) is 0 Å². The number of methoxy groups -OCH3 is 1. The first-order valence-electron chi connectivity index (χ1n) is 6.38. The van der Waals surface area contributed by atoms with Gasteiger partial charge in [-0.25, -0.2) is 0 Å². The molecule has 0 fully saturated rings. The maximum absolute atomic E-state index is 6.37. The highest BCUT2D eigenvalue weighted by Crippen LogP contribution is 2.26. The predicted octanol–water partition coefficient (Wildman–Crippen LogP) is 2.69. The van der Waals surface area contributed by atoms with E-state index in [0.717, 1.165) is 22.0 Å². The Hall–Kier alpha value is -2.46. The minimum atomic E-state index is -0.281. The molecule has 0 spiro atoms.